The zero-order valence-electron chi connectivity index (χ0n) is 14.7. The van der Waals surface area contributed by atoms with Crippen LogP contribution in [0.3, 0.4) is 0 Å². The van der Waals surface area contributed by atoms with Crippen LogP contribution in [-0.4, -0.2) is 17.6 Å². The van der Waals surface area contributed by atoms with Gasteiger partial charge in [0, 0.05) is 22.5 Å². The number of rotatable bonds is 5. The summed E-state index contributed by atoms with van der Waals surface area (Å²) < 4.78 is 7.59. The van der Waals surface area contributed by atoms with E-state index in [0.717, 1.165) is 33.8 Å². The third kappa shape index (κ3) is 3.03. The van der Waals surface area contributed by atoms with Crippen LogP contribution in [0.1, 0.15) is 27.3 Å². The molecular formula is C21H22N2O2. The van der Waals surface area contributed by atoms with Crippen molar-refractivity contribution in [3.8, 4) is 16.9 Å². The maximum atomic E-state index is 12.1. The van der Waals surface area contributed by atoms with Gasteiger partial charge in [0.15, 0.2) is 0 Å². The summed E-state index contributed by atoms with van der Waals surface area (Å²) in [5, 5.41) is 0. The molecule has 0 saturated carbocycles. The summed E-state index contributed by atoms with van der Waals surface area (Å²) in [4.78, 5) is 12.1. The van der Waals surface area contributed by atoms with E-state index >= 15 is 0 Å². The molecule has 128 valence electrons. The van der Waals surface area contributed by atoms with E-state index in [4.69, 9.17) is 10.5 Å². The summed E-state index contributed by atoms with van der Waals surface area (Å²) in [7, 11) is 1.67. The van der Waals surface area contributed by atoms with Gasteiger partial charge in [0.25, 0.3) is 5.91 Å². The van der Waals surface area contributed by atoms with Crippen molar-refractivity contribution >= 4 is 5.91 Å². The van der Waals surface area contributed by atoms with E-state index in [-0.39, 0.29) is 0 Å². The molecule has 2 N–H and O–H groups in total. The molecule has 0 aliphatic heterocycles. The van der Waals surface area contributed by atoms with Gasteiger partial charge in [-0.25, -0.2) is 0 Å². The first-order valence-electron chi connectivity index (χ1n) is 8.21. The van der Waals surface area contributed by atoms with E-state index in [0.29, 0.717) is 12.1 Å². The lowest BCUT2D eigenvalue weighted by molar-refractivity contribution is 0.1000. The average molecular weight is 334 g/mol. The third-order valence-corrected chi connectivity index (χ3v) is 4.61. The van der Waals surface area contributed by atoms with Crippen molar-refractivity contribution in [1.29, 1.82) is 0 Å². The minimum absolute atomic E-state index is 0.404. The van der Waals surface area contributed by atoms with Gasteiger partial charge in [-0.3, -0.25) is 4.79 Å². The summed E-state index contributed by atoms with van der Waals surface area (Å²) in [6.07, 6.45) is 0. The standard InChI is InChI=1S/C21H22N2O2/c1-14-19(16-9-5-4-6-10-16)20(21(22)24)15(2)23(14)13-17-11-7-8-12-18(17)25-3/h4-12H,13H2,1-3H3,(H2,22,24). The van der Waals surface area contributed by atoms with Gasteiger partial charge in [0.1, 0.15) is 5.75 Å². The number of ether oxygens (including phenoxy) is 1. The van der Waals surface area contributed by atoms with Crippen molar-refractivity contribution in [1.82, 2.24) is 4.57 Å². The first-order chi connectivity index (χ1) is 12.0. The normalized spacial score (nSPS) is 10.7. The number of aromatic nitrogens is 1. The van der Waals surface area contributed by atoms with Crippen LogP contribution < -0.4 is 10.5 Å². The molecule has 0 atom stereocenters. The van der Waals surface area contributed by atoms with Crippen molar-refractivity contribution < 1.29 is 9.53 Å². The molecule has 1 heterocycles. The van der Waals surface area contributed by atoms with Crippen LogP contribution in [0.5, 0.6) is 5.75 Å². The first-order valence-corrected chi connectivity index (χ1v) is 8.21. The second-order valence-electron chi connectivity index (χ2n) is 6.05. The van der Waals surface area contributed by atoms with E-state index in [9.17, 15) is 4.79 Å². The third-order valence-electron chi connectivity index (χ3n) is 4.61. The summed E-state index contributed by atoms with van der Waals surface area (Å²) in [5.41, 5.74) is 11.1. The van der Waals surface area contributed by atoms with Gasteiger partial charge in [-0.1, -0.05) is 48.5 Å². The number of hydrogen-bond donors (Lipinski definition) is 1. The molecule has 25 heavy (non-hydrogen) atoms. The molecule has 0 aliphatic rings. The molecule has 0 bridgehead atoms. The van der Waals surface area contributed by atoms with Gasteiger partial charge < -0.3 is 15.0 Å². The van der Waals surface area contributed by atoms with E-state index in [1.165, 1.54) is 0 Å². The van der Waals surface area contributed by atoms with Crippen molar-refractivity contribution in [2.75, 3.05) is 7.11 Å². The monoisotopic (exact) mass is 334 g/mol. The van der Waals surface area contributed by atoms with Crippen LogP contribution in [-0.2, 0) is 6.54 Å². The first kappa shape index (κ1) is 16.8. The summed E-state index contributed by atoms with van der Waals surface area (Å²) in [6, 6.07) is 17.8. The van der Waals surface area contributed by atoms with E-state index in [2.05, 4.69) is 4.57 Å². The lowest BCUT2D eigenvalue weighted by atomic mass is 10.0. The van der Waals surface area contributed by atoms with Gasteiger partial charge in [0.05, 0.1) is 19.2 Å². The topological polar surface area (TPSA) is 57.2 Å². The number of primary amides is 1. The molecule has 4 nitrogen and oxygen atoms in total. The number of nitrogens with zero attached hydrogens (tertiary/aromatic N) is 1. The Bertz CT molecular complexity index is 911. The molecule has 1 aromatic heterocycles. The zero-order valence-corrected chi connectivity index (χ0v) is 14.7. The van der Waals surface area contributed by atoms with E-state index in [1.54, 1.807) is 7.11 Å². The van der Waals surface area contributed by atoms with Gasteiger partial charge in [0.2, 0.25) is 0 Å². The molecule has 4 heteroatoms. The number of benzene rings is 2. The second-order valence-corrected chi connectivity index (χ2v) is 6.05. The molecule has 0 unspecified atom stereocenters. The maximum absolute atomic E-state index is 12.1. The Morgan fingerprint density at radius 1 is 1.00 bits per heavy atom. The highest BCUT2D eigenvalue weighted by Crippen LogP contribution is 2.33. The largest absolute Gasteiger partial charge is 0.496 e. The highest BCUT2D eigenvalue weighted by Gasteiger charge is 2.22. The lowest BCUT2D eigenvalue weighted by Crippen LogP contribution is -2.13. The van der Waals surface area contributed by atoms with Crippen molar-refractivity contribution in [3.63, 3.8) is 0 Å². The molecule has 0 aliphatic carbocycles. The quantitative estimate of drug-likeness (QED) is 0.768. The summed E-state index contributed by atoms with van der Waals surface area (Å²) >= 11 is 0. The van der Waals surface area contributed by atoms with Crippen LogP contribution in [0.25, 0.3) is 11.1 Å². The molecular weight excluding hydrogens is 312 g/mol. The van der Waals surface area contributed by atoms with Crippen LogP contribution >= 0.6 is 0 Å². The number of carbonyl (C=O) groups is 1. The Morgan fingerprint density at radius 2 is 1.64 bits per heavy atom. The number of para-hydroxylation sites is 1. The minimum atomic E-state index is -0.404. The Hall–Kier alpha value is -3.01. The highest BCUT2D eigenvalue weighted by molar-refractivity contribution is 6.02. The fourth-order valence-electron chi connectivity index (χ4n) is 3.38. The second kappa shape index (κ2) is 6.85. The molecule has 2 aromatic carbocycles. The van der Waals surface area contributed by atoms with Crippen molar-refractivity contribution in [3.05, 3.63) is 77.1 Å². The fraction of sp³-hybridized carbons (Fsp3) is 0.190. The Labute approximate surface area is 147 Å². The smallest absolute Gasteiger partial charge is 0.251 e. The van der Waals surface area contributed by atoms with Crippen LogP contribution in [0.2, 0.25) is 0 Å². The molecule has 0 radical (unpaired) electrons. The lowest BCUT2D eigenvalue weighted by Gasteiger charge is -2.13. The number of hydrogen-bond acceptors (Lipinski definition) is 2. The zero-order chi connectivity index (χ0) is 18.0. The highest BCUT2D eigenvalue weighted by atomic mass is 16.5. The Morgan fingerprint density at radius 3 is 2.28 bits per heavy atom. The number of carbonyl (C=O) groups excluding carboxylic acids is 1. The maximum Gasteiger partial charge on any atom is 0.251 e. The van der Waals surface area contributed by atoms with Crippen molar-refractivity contribution in [2.45, 2.75) is 20.4 Å². The van der Waals surface area contributed by atoms with Gasteiger partial charge in [-0.05, 0) is 25.5 Å². The van der Waals surface area contributed by atoms with E-state index in [1.807, 2.05) is 68.4 Å². The molecule has 3 aromatic rings. The van der Waals surface area contributed by atoms with Crippen molar-refractivity contribution in [2.24, 2.45) is 5.73 Å². The molecule has 0 saturated heterocycles. The van der Waals surface area contributed by atoms with Gasteiger partial charge in [-0.2, -0.15) is 0 Å². The molecule has 3 rings (SSSR count). The Balaban J connectivity index is 2.17. The Kier molecular flexibility index (Phi) is 4.61. The van der Waals surface area contributed by atoms with Gasteiger partial charge in [-0.15, -0.1) is 0 Å². The number of methoxy groups -OCH3 is 1. The summed E-state index contributed by atoms with van der Waals surface area (Å²) in [6.45, 7) is 4.58. The van der Waals surface area contributed by atoms with Crippen LogP contribution in [0.4, 0.5) is 0 Å². The van der Waals surface area contributed by atoms with Crippen LogP contribution in [0, 0.1) is 13.8 Å². The average Bonchev–Trinajstić information content (AvgIpc) is 2.87. The van der Waals surface area contributed by atoms with Gasteiger partial charge >= 0.3 is 0 Å². The summed E-state index contributed by atoms with van der Waals surface area (Å²) in [5.74, 6) is 0.426. The minimum Gasteiger partial charge on any atom is -0.496 e. The molecule has 1 amide bonds. The molecule has 0 fully saturated rings. The van der Waals surface area contributed by atoms with E-state index < -0.39 is 5.91 Å². The predicted octanol–water partition coefficient (Wildman–Crippen LogP) is 3.93. The fourth-order valence-corrected chi connectivity index (χ4v) is 3.38. The number of amides is 1. The molecule has 0 spiro atoms. The van der Waals surface area contributed by atoms with Crippen LogP contribution in [0.15, 0.2) is 54.6 Å². The SMILES string of the molecule is COc1ccccc1Cn1c(C)c(C(N)=O)c(-c2ccccc2)c1C. The number of nitrogens with two attached hydrogens (primary N) is 1. The predicted molar refractivity (Wildman–Crippen MR) is 100.0 cm³/mol.